The molecule has 6 aromatic carbocycles. The SMILES string of the molecule is Oc1c(O)c(O)c2c(c1O)c1c(O)c(O)c3c(c(O)c(O)n3-c3ccccc3)c1n2-c1ccc(-c2nc(-c3ccccc3)c3ccn(-c4ccccc4)c3n2)cc1. The number of phenols is 6. The van der Waals surface area contributed by atoms with Gasteiger partial charge in [0, 0.05) is 39.8 Å². The zero-order valence-corrected chi connectivity index (χ0v) is 29.4. The normalized spacial score (nSPS) is 11.7. The molecule has 0 radical (unpaired) electrons. The number of aromatic hydroxyl groups is 8. The highest BCUT2D eigenvalue weighted by Gasteiger charge is 2.34. The Labute approximate surface area is 320 Å². The lowest BCUT2D eigenvalue weighted by molar-refractivity contribution is 0.350. The van der Waals surface area contributed by atoms with E-state index in [9.17, 15) is 40.9 Å². The van der Waals surface area contributed by atoms with Crippen molar-refractivity contribution in [2.75, 3.05) is 0 Å². The second kappa shape index (κ2) is 12.1. The number of para-hydroxylation sites is 2. The minimum absolute atomic E-state index is 0.0918. The minimum atomic E-state index is -1.08. The van der Waals surface area contributed by atoms with Crippen LogP contribution in [0, 0.1) is 0 Å². The summed E-state index contributed by atoms with van der Waals surface area (Å²) in [5.74, 6) is -6.48. The van der Waals surface area contributed by atoms with Crippen molar-refractivity contribution < 1.29 is 40.9 Å². The highest BCUT2D eigenvalue weighted by Crippen LogP contribution is 2.59. The molecule has 10 aromatic rings. The van der Waals surface area contributed by atoms with E-state index in [0.717, 1.165) is 21.2 Å². The van der Waals surface area contributed by atoms with Crippen molar-refractivity contribution in [3.05, 3.63) is 128 Å². The average molecular weight is 756 g/mol. The lowest BCUT2D eigenvalue weighted by Crippen LogP contribution is -1.99. The molecule has 8 N–H and O–H groups in total. The van der Waals surface area contributed by atoms with Gasteiger partial charge in [-0.1, -0.05) is 66.7 Å². The van der Waals surface area contributed by atoms with E-state index < -0.39 is 46.1 Å². The van der Waals surface area contributed by atoms with Crippen LogP contribution in [-0.2, 0) is 0 Å². The van der Waals surface area contributed by atoms with Gasteiger partial charge in [0.25, 0.3) is 0 Å². The summed E-state index contributed by atoms with van der Waals surface area (Å²) < 4.78 is 4.45. The summed E-state index contributed by atoms with van der Waals surface area (Å²) in [6.45, 7) is 0. The van der Waals surface area contributed by atoms with Gasteiger partial charge >= 0.3 is 0 Å². The van der Waals surface area contributed by atoms with Crippen molar-refractivity contribution in [2.24, 2.45) is 0 Å². The van der Waals surface area contributed by atoms with E-state index in [1.165, 1.54) is 4.57 Å². The van der Waals surface area contributed by atoms with E-state index in [2.05, 4.69) is 0 Å². The Morgan fingerprint density at radius 1 is 0.386 bits per heavy atom. The molecule has 0 amide bonds. The molecule has 0 aliphatic rings. The van der Waals surface area contributed by atoms with Crippen LogP contribution < -0.4 is 0 Å². The van der Waals surface area contributed by atoms with Crippen LogP contribution in [0.15, 0.2) is 128 Å². The monoisotopic (exact) mass is 755 g/mol. The summed E-state index contributed by atoms with van der Waals surface area (Å²) in [7, 11) is 0. The quantitative estimate of drug-likeness (QED) is 0.0622. The van der Waals surface area contributed by atoms with E-state index in [4.69, 9.17) is 9.97 Å². The largest absolute Gasteiger partial charge is 0.504 e. The summed E-state index contributed by atoms with van der Waals surface area (Å²) in [6.07, 6.45) is 1.94. The van der Waals surface area contributed by atoms with Crippen LogP contribution in [0.25, 0.3) is 83.4 Å². The zero-order valence-electron chi connectivity index (χ0n) is 29.4. The van der Waals surface area contributed by atoms with Gasteiger partial charge in [0.2, 0.25) is 17.4 Å². The molecule has 0 unspecified atom stereocenters. The van der Waals surface area contributed by atoms with Crippen LogP contribution in [0.4, 0.5) is 0 Å². The van der Waals surface area contributed by atoms with Crippen molar-refractivity contribution in [2.45, 2.75) is 0 Å². The van der Waals surface area contributed by atoms with Crippen LogP contribution in [-0.4, -0.2) is 64.5 Å². The molecule has 0 saturated carbocycles. The van der Waals surface area contributed by atoms with E-state index >= 15 is 0 Å². The van der Waals surface area contributed by atoms with E-state index in [-0.39, 0.29) is 38.4 Å². The molecule has 0 atom stereocenters. The summed E-state index contributed by atoms with van der Waals surface area (Å²) in [4.78, 5) is 10.0. The summed E-state index contributed by atoms with van der Waals surface area (Å²) in [5, 5.41) is 90.1. The van der Waals surface area contributed by atoms with Gasteiger partial charge in [0.05, 0.1) is 27.4 Å². The number of benzene rings is 6. The van der Waals surface area contributed by atoms with E-state index in [1.54, 1.807) is 54.6 Å². The number of aromatic nitrogens is 5. The molecule has 0 saturated heterocycles. The van der Waals surface area contributed by atoms with Crippen LogP contribution in [0.1, 0.15) is 0 Å². The van der Waals surface area contributed by atoms with Crippen molar-refractivity contribution in [3.63, 3.8) is 0 Å². The Morgan fingerprint density at radius 3 is 1.58 bits per heavy atom. The number of phenolic OH excluding ortho intramolecular Hbond substituents is 6. The van der Waals surface area contributed by atoms with Crippen molar-refractivity contribution in [3.8, 4) is 85.8 Å². The molecule has 0 aliphatic heterocycles. The van der Waals surface area contributed by atoms with E-state index in [0.29, 0.717) is 28.4 Å². The van der Waals surface area contributed by atoms with E-state index in [1.807, 2.05) is 77.5 Å². The number of fused-ring (bicyclic) bond motifs is 6. The molecule has 13 nitrogen and oxygen atoms in total. The highest BCUT2D eigenvalue weighted by molar-refractivity contribution is 6.27. The molecule has 0 fully saturated rings. The Kier molecular flexibility index (Phi) is 7.06. The third-order valence-electron chi connectivity index (χ3n) is 10.4. The van der Waals surface area contributed by atoms with Crippen LogP contribution in [0.5, 0.6) is 46.1 Å². The third-order valence-corrected chi connectivity index (χ3v) is 10.4. The molecule has 10 rings (SSSR count). The lowest BCUT2D eigenvalue weighted by Gasteiger charge is -2.13. The number of hydrogen-bond donors (Lipinski definition) is 8. The van der Waals surface area contributed by atoms with Crippen molar-refractivity contribution in [1.29, 1.82) is 0 Å². The van der Waals surface area contributed by atoms with Gasteiger partial charge in [-0.2, -0.15) is 0 Å². The molecular weight excluding hydrogens is 727 g/mol. The number of nitrogens with zero attached hydrogens (tertiary/aromatic N) is 5. The second-order valence-electron chi connectivity index (χ2n) is 13.5. The summed E-state index contributed by atoms with van der Waals surface area (Å²) in [5.41, 5.74) is 3.78. The first-order valence-electron chi connectivity index (χ1n) is 17.7. The first-order chi connectivity index (χ1) is 27.7. The average Bonchev–Trinajstić information content (AvgIpc) is 3.92. The van der Waals surface area contributed by atoms with Gasteiger partial charge in [0.1, 0.15) is 16.7 Å². The highest BCUT2D eigenvalue weighted by atomic mass is 16.3. The molecule has 4 heterocycles. The Bertz CT molecular complexity index is 3250. The van der Waals surface area contributed by atoms with Gasteiger partial charge in [-0.05, 0) is 54.6 Å². The minimum Gasteiger partial charge on any atom is -0.504 e. The van der Waals surface area contributed by atoms with Gasteiger partial charge in [-0.15, -0.1) is 0 Å². The predicted molar refractivity (Wildman–Crippen MR) is 214 cm³/mol. The van der Waals surface area contributed by atoms with Crippen LogP contribution in [0.2, 0.25) is 0 Å². The van der Waals surface area contributed by atoms with Crippen molar-refractivity contribution >= 4 is 43.7 Å². The predicted octanol–water partition coefficient (Wildman–Crippen LogP) is 8.44. The topological polar surface area (TPSA) is 202 Å². The number of hydrogen-bond acceptors (Lipinski definition) is 10. The fourth-order valence-corrected chi connectivity index (χ4v) is 7.78. The van der Waals surface area contributed by atoms with Gasteiger partial charge in [-0.25, -0.2) is 9.97 Å². The molecule has 0 bridgehead atoms. The third kappa shape index (κ3) is 4.62. The molecule has 0 spiro atoms. The smallest absolute Gasteiger partial charge is 0.240 e. The molecule has 0 aliphatic carbocycles. The Morgan fingerprint density at radius 2 is 0.912 bits per heavy atom. The molecule has 57 heavy (non-hydrogen) atoms. The fraction of sp³-hybridized carbons (Fsp3) is 0. The summed E-state index contributed by atoms with van der Waals surface area (Å²) in [6, 6.07) is 36.5. The lowest BCUT2D eigenvalue weighted by atomic mass is 10.1. The van der Waals surface area contributed by atoms with Gasteiger partial charge in [0.15, 0.2) is 34.6 Å². The summed E-state index contributed by atoms with van der Waals surface area (Å²) >= 11 is 0. The first kappa shape index (κ1) is 33.3. The van der Waals surface area contributed by atoms with Crippen molar-refractivity contribution in [1.82, 2.24) is 23.7 Å². The maximum absolute atomic E-state index is 11.7. The number of rotatable bonds is 5. The zero-order chi connectivity index (χ0) is 39.3. The first-order valence-corrected chi connectivity index (χ1v) is 17.7. The Hall–Kier alpha value is -8.32. The standard InChI is InChI=1S/C44H29N5O8/c50-35-28-29-33(39(54)41(56)40(55)36(29)51)48(32(28)30-34(38(35)53)49(44(57)37(30)52)25-14-8-3-9-15-25)26-18-16-23(17-19-26)42-45-31(22-10-4-1-5-11-22)27-20-21-47(43(27)46-42)24-12-6-2-7-13-24/h1-21,50-57H. The molecule has 278 valence electrons. The van der Waals surface area contributed by atoms with Crippen LogP contribution in [0.3, 0.4) is 0 Å². The Balaban J connectivity index is 1.26. The van der Waals surface area contributed by atoms with Crippen LogP contribution >= 0.6 is 0 Å². The molecule has 4 aromatic heterocycles. The fourth-order valence-electron chi connectivity index (χ4n) is 7.78. The molecular formula is C44H29N5O8. The maximum atomic E-state index is 11.7. The molecule has 13 heteroatoms. The van der Waals surface area contributed by atoms with Gasteiger partial charge < -0.3 is 50.0 Å². The maximum Gasteiger partial charge on any atom is 0.240 e. The second-order valence-corrected chi connectivity index (χ2v) is 13.5. The van der Waals surface area contributed by atoms with Gasteiger partial charge in [-0.3, -0.25) is 4.57 Å².